The van der Waals surface area contributed by atoms with Gasteiger partial charge in [-0.1, -0.05) is 43.2 Å². The number of aliphatic hydroxyl groups is 1. The second kappa shape index (κ2) is 7.70. The van der Waals surface area contributed by atoms with Crippen LogP contribution in [0.5, 0.6) is 0 Å². The monoisotopic (exact) mass is 293 g/mol. The topological polar surface area (TPSA) is 49.3 Å². The Labute approximate surface area is 126 Å². The first kappa shape index (κ1) is 15.4. The average Bonchev–Trinajstić information content (AvgIpc) is 2.48. The van der Waals surface area contributed by atoms with Gasteiger partial charge in [0.1, 0.15) is 0 Å². The van der Waals surface area contributed by atoms with Gasteiger partial charge in [0, 0.05) is 18.6 Å². The minimum Gasteiger partial charge on any atom is -0.396 e. The molecule has 0 saturated heterocycles. The van der Waals surface area contributed by atoms with Gasteiger partial charge in [-0.3, -0.25) is 4.79 Å². The molecule has 1 aromatic rings. The van der Waals surface area contributed by atoms with E-state index in [9.17, 15) is 9.90 Å². The summed E-state index contributed by atoms with van der Waals surface area (Å²) >= 11 is 4.42. The van der Waals surface area contributed by atoms with Gasteiger partial charge in [-0.15, -0.1) is 0 Å². The fourth-order valence-electron chi connectivity index (χ4n) is 2.83. The quantitative estimate of drug-likeness (QED) is 0.729. The molecular formula is C16H23NO2S. The van der Waals surface area contributed by atoms with E-state index in [0.717, 1.165) is 31.2 Å². The first-order valence-corrected chi connectivity index (χ1v) is 7.85. The third kappa shape index (κ3) is 4.25. The van der Waals surface area contributed by atoms with Gasteiger partial charge >= 0.3 is 0 Å². The lowest BCUT2D eigenvalue weighted by atomic mass is 9.85. The third-order valence-electron chi connectivity index (χ3n) is 4.05. The molecule has 2 N–H and O–H groups in total. The summed E-state index contributed by atoms with van der Waals surface area (Å²) in [6.07, 6.45) is 4.86. The molecule has 1 saturated carbocycles. The molecule has 20 heavy (non-hydrogen) atoms. The van der Waals surface area contributed by atoms with E-state index < -0.39 is 0 Å². The number of hydrogen-bond acceptors (Lipinski definition) is 3. The van der Waals surface area contributed by atoms with Crippen molar-refractivity contribution in [2.45, 2.75) is 43.4 Å². The van der Waals surface area contributed by atoms with Crippen LogP contribution < -0.4 is 5.32 Å². The van der Waals surface area contributed by atoms with Gasteiger partial charge in [-0.2, -0.15) is 12.6 Å². The lowest BCUT2D eigenvalue weighted by molar-refractivity contribution is -0.122. The minimum atomic E-state index is -0.335. The molecule has 1 fully saturated rings. The highest BCUT2D eigenvalue weighted by Crippen LogP contribution is 2.24. The van der Waals surface area contributed by atoms with Crippen molar-refractivity contribution in [2.24, 2.45) is 5.92 Å². The van der Waals surface area contributed by atoms with Crippen LogP contribution in [-0.4, -0.2) is 28.9 Å². The summed E-state index contributed by atoms with van der Waals surface area (Å²) < 4.78 is 0. The van der Waals surface area contributed by atoms with E-state index in [-0.39, 0.29) is 29.7 Å². The molecule has 0 spiro atoms. The van der Waals surface area contributed by atoms with Crippen LogP contribution in [0.4, 0.5) is 0 Å². The molecule has 110 valence electrons. The molecule has 0 aliphatic heterocycles. The second-order valence-electron chi connectivity index (χ2n) is 5.55. The van der Waals surface area contributed by atoms with Gasteiger partial charge in [-0.25, -0.2) is 0 Å². The predicted molar refractivity (Wildman–Crippen MR) is 83.9 cm³/mol. The molecule has 0 aromatic heterocycles. The van der Waals surface area contributed by atoms with Crippen LogP contribution >= 0.6 is 12.6 Å². The van der Waals surface area contributed by atoms with Crippen LogP contribution in [0.3, 0.4) is 0 Å². The van der Waals surface area contributed by atoms with Crippen LogP contribution in [0.25, 0.3) is 0 Å². The maximum Gasteiger partial charge on any atom is 0.233 e. The summed E-state index contributed by atoms with van der Waals surface area (Å²) in [7, 11) is 0. The smallest absolute Gasteiger partial charge is 0.233 e. The normalized spacial score (nSPS) is 24.1. The Kier molecular flexibility index (Phi) is 5.92. The van der Waals surface area contributed by atoms with Crippen molar-refractivity contribution in [2.75, 3.05) is 6.61 Å². The molecule has 0 bridgehead atoms. The van der Waals surface area contributed by atoms with Crippen LogP contribution in [0.1, 0.15) is 31.2 Å². The van der Waals surface area contributed by atoms with Gasteiger partial charge < -0.3 is 10.4 Å². The molecule has 1 aliphatic rings. The van der Waals surface area contributed by atoms with E-state index >= 15 is 0 Å². The summed E-state index contributed by atoms with van der Waals surface area (Å²) in [6.45, 7) is 0.154. The number of amides is 1. The van der Waals surface area contributed by atoms with E-state index in [1.807, 2.05) is 30.3 Å². The van der Waals surface area contributed by atoms with E-state index in [1.54, 1.807) is 0 Å². The lowest BCUT2D eigenvalue weighted by Gasteiger charge is -2.31. The summed E-state index contributed by atoms with van der Waals surface area (Å²) in [6, 6.07) is 10.0. The number of rotatable bonds is 5. The molecule has 3 atom stereocenters. The van der Waals surface area contributed by atoms with E-state index in [0.29, 0.717) is 6.42 Å². The molecule has 2 rings (SSSR count). The summed E-state index contributed by atoms with van der Waals surface area (Å²) in [5.74, 6) is 0.174. The van der Waals surface area contributed by atoms with Crippen molar-refractivity contribution >= 4 is 18.5 Å². The van der Waals surface area contributed by atoms with E-state index in [4.69, 9.17) is 0 Å². The highest BCUT2D eigenvalue weighted by molar-refractivity contribution is 7.81. The standard InChI is InChI=1S/C16H23NO2S/c18-11-13-8-4-5-9-14(13)17-16(19)15(20)10-12-6-2-1-3-7-12/h1-3,6-7,13-15,18,20H,4-5,8-11H2,(H,17,19). The first-order valence-electron chi connectivity index (χ1n) is 7.34. The number of nitrogens with one attached hydrogen (secondary N) is 1. The largest absolute Gasteiger partial charge is 0.396 e. The van der Waals surface area contributed by atoms with Crippen LogP contribution in [0.2, 0.25) is 0 Å². The van der Waals surface area contributed by atoms with Gasteiger partial charge in [0.25, 0.3) is 0 Å². The van der Waals surface area contributed by atoms with Gasteiger partial charge in [-0.05, 0) is 24.8 Å². The molecule has 3 unspecified atom stereocenters. The summed E-state index contributed by atoms with van der Waals surface area (Å²) in [5.41, 5.74) is 1.12. The van der Waals surface area contributed by atoms with Crippen molar-refractivity contribution in [3.63, 3.8) is 0 Å². The number of thiol groups is 1. The van der Waals surface area contributed by atoms with Crippen molar-refractivity contribution in [1.29, 1.82) is 0 Å². The SMILES string of the molecule is O=C(NC1CCCCC1CO)C(S)Cc1ccccc1. The zero-order valence-corrected chi connectivity index (χ0v) is 12.6. The maximum atomic E-state index is 12.2. The predicted octanol–water partition coefficient (Wildman–Crippen LogP) is 2.19. The van der Waals surface area contributed by atoms with Crippen molar-refractivity contribution in [3.8, 4) is 0 Å². The fraction of sp³-hybridized carbons (Fsp3) is 0.562. The van der Waals surface area contributed by atoms with Gasteiger partial charge in [0.05, 0.1) is 5.25 Å². The number of carbonyl (C=O) groups is 1. The number of benzene rings is 1. The highest BCUT2D eigenvalue weighted by atomic mass is 32.1. The molecular weight excluding hydrogens is 270 g/mol. The van der Waals surface area contributed by atoms with Crippen molar-refractivity contribution in [3.05, 3.63) is 35.9 Å². The molecule has 4 heteroatoms. The Morgan fingerprint density at radius 2 is 2.00 bits per heavy atom. The molecule has 1 aromatic carbocycles. The Morgan fingerprint density at radius 3 is 2.70 bits per heavy atom. The van der Waals surface area contributed by atoms with Crippen molar-refractivity contribution in [1.82, 2.24) is 5.32 Å². The zero-order chi connectivity index (χ0) is 14.4. The lowest BCUT2D eigenvalue weighted by Crippen LogP contribution is -2.46. The van der Waals surface area contributed by atoms with Crippen LogP contribution in [0, 0.1) is 5.92 Å². The summed E-state index contributed by atoms with van der Waals surface area (Å²) in [5, 5.41) is 12.1. The number of carbonyl (C=O) groups excluding carboxylic acids is 1. The highest BCUT2D eigenvalue weighted by Gasteiger charge is 2.27. The molecule has 1 aliphatic carbocycles. The molecule has 0 radical (unpaired) electrons. The van der Waals surface area contributed by atoms with Crippen LogP contribution in [0.15, 0.2) is 30.3 Å². The van der Waals surface area contributed by atoms with Gasteiger partial charge in [0.2, 0.25) is 5.91 Å². The Bertz CT molecular complexity index is 424. The molecule has 3 nitrogen and oxygen atoms in total. The van der Waals surface area contributed by atoms with E-state index in [2.05, 4.69) is 17.9 Å². The van der Waals surface area contributed by atoms with Crippen LogP contribution in [-0.2, 0) is 11.2 Å². The molecule has 0 heterocycles. The fourth-order valence-corrected chi connectivity index (χ4v) is 3.11. The Balaban J connectivity index is 1.87. The second-order valence-corrected chi connectivity index (χ2v) is 6.17. The Morgan fingerprint density at radius 1 is 1.30 bits per heavy atom. The van der Waals surface area contributed by atoms with E-state index in [1.165, 1.54) is 0 Å². The van der Waals surface area contributed by atoms with Gasteiger partial charge in [0.15, 0.2) is 0 Å². The summed E-state index contributed by atoms with van der Waals surface area (Å²) in [4.78, 5) is 12.2. The zero-order valence-electron chi connectivity index (χ0n) is 11.7. The number of aliphatic hydroxyl groups excluding tert-OH is 1. The third-order valence-corrected chi connectivity index (χ3v) is 4.46. The Hall–Kier alpha value is -1.00. The average molecular weight is 293 g/mol. The maximum absolute atomic E-state index is 12.2. The number of hydrogen-bond donors (Lipinski definition) is 3. The van der Waals surface area contributed by atoms with Crippen molar-refractivity contribution < 1.29 is 9.90 Å². The molecule has 1 amide bonds. The minimum absolute atomic E-state index is 0.0254. The first-order chi connectivity index (χ1) is 9.70.